The molecule has 92 valence electrons. The predicted molar refractivity (Wildman–Crippen MR) is 69.4 cm³/mol. The van der Waals surface area contributed by atoms with Crippen molar-refractivity contribution in [1.82, 2.24) is 15.3 Å². The van der Waals surface area contributed by atoms with Gasteiger partial charge < -0.3 is 5.32 Å². The number of hydrogen-bond donors (Lipinski definition) is 1. The second-order valence-electron chi connectivity index (χ2n) is 3.83. The van der Waals surface area contributed by atoms with Crippen LogP contribution in [0.4, 0.5) is 0 Å². The molecule has 0 unspecified atom stereocenters. The summed E-state index contributed by atoms with van der Waals surface area (Å²) in [6.45, 7) is 2.39. The van der Waals surface area contributed by atoms with Gasteiger partial charge in [0.2, 0.25) is 0 Å². The van der Waals surface area contributed by atoms with Gasteiger partial charge in [-0.25, -0.2) is 4.98 Å². The molecule has 2 heterocycles. The van der Waals surface area contributed by atoms with Crippen molar-refractivity contribution in [2.24, 2.45) is 0 Å². The molecule has 0 spiro atoms. The zero-order chi connectivity index (χ0) is 13.0. The van der Waals surface area contributed by atoms with Gasteiger partial charge in [0.15, 0.2) is 0 Å². The summed E-state index contributed by atoms with van der Waals surface area (Å²) in [7, 11) is 0. The van der Waals surface area contributed by atoms with Gasteiger partial charge in [0.1, 0.15) is 5.15 Å². The molecule has 0 aliphatic heterocycles. The van der Waals surface area contributed by atoms with Gasteiger partial charge in [-0.2, -0.15) is 0 Å². The molecule has 0 aromatic carbocycles. The third-order valence-electron chi connectivity index (χ3n) is 2.59. The molecule has 2 aromatic rings. The van der Waals surface area contributed by atoms with Crippen LogP contribution in [-0.4, -0.2) is 15.9 Å². The Balaban J connectivity index is 2.06. The Labute approximate surface area is 110 Å². The normalized spacial score (nSPS) is 10.1. The molecule has 0 aliphatic carbocycles. The fourth-order valence-corrected chi connectivity index (χ4v) is 1.71. The van der Waals surface area contributed by atoms with E-state index in [9.17, 15) is 4.79 Å². The fourth-order valence-electron chi connectivity index (χ4n) is 1.51. The molecule has 0 saturated heterocycles. The van der Waals surface area contributed by atoms with E-state index >= 15 is 0 Å². The largest absolute Gasteiger partial charge is 0.348 e. The molecule has 1 N–H and O–H groups in total. The van der Waals surface area contributed by atoms with Crippen molar-refractivity contribution < 1.29 is 4.79 Å². The zero-order valence-electron chi connectivity index (χ0n) is 9.85. The monoisotopic (exact) mass is 261 g/mol. The Morgan fingerprint density at radius 3 is 2.94 bits per heavy atom. The first-order valence-corrected chi connectivity index (χ1v) is 5.84. The van der Waals surface area contributed by atoms with E-state index in [1.54, 1.807) is 30.7 Å². The van der Waals surface area contributed by atoms with Gasteiger partial charge >= 0.3 is 0 Å². The third-order valence-corrected chi connectivity index (χ3v) is 2.89. The number of aryl methyl sites for hydroxylation is 1. The van der Waals surface area contributed by atoms with E-state index in [1.165, 1.54) is 0 Å². The topological polar surface area (TPSA) is 54.9 Å². The molecule has 2 rings (SSSR count). The van der Waals surface area contributed by atoms with Gasteiger partial charge in [-0.1, -0.05) is 11.6 Å². The maximum atomic E-state index is 11.9. The van der Waals surface area contributed by atoms with Gasteiger partial charge in [-0.15, -0.1) is 0 Å². The number of halogens is 1. The molecule has 5 heteroatoms. The highest BCUT2D eigenvalue weighted by molar-refractivity contribution is 6.32. The standard InChI is InChI=1S/C13H12ClN3O/c1-9-4-6-15-7-10(9)8-17-13(18)11-3-2-5-16-12(11)14/h2-7H,8H2,1H3,(H,17,18). The predicted octanol–water partition coefficient (Wildman–Crippen LogP) is 2.37. The third kappa shape index (κ3) is 2.84. The number of rotatable bonds is 3. The van der Waals surface area contributed by atoms with Crippen LogP contribution < -0.4 is 5.32 Å². The molecule has 0 bridgehead atoms. The molecule has 0 atom stereocenters. The highest BCUT2D eigenvalue weighted by Crippen LogP contribution is 2.11. The van der Waals surface area contributed by atoms with Gasteiger partial charge in [-0.3, -0.25) is 9.78 Å². The number of aromatic nitrogens is 2. The van der Waals surface area contributed by atoms with Crippen molar-refractivity contribution in [3.8, 4) is 0 Å². The molecule has 2 aromatic heterocycles. The van der Waals surface area contributed by atoms with Crippen molar-refractivity contribution >= 4 is 17.5 Å². The highest BCUT2D eigenvalue weighted by Gasteiger charge is 2.10. The average Bonchev–Trinajstić information content (AvgIpc) is 2.38. The summed E-state index contributed by atoms with van der Waals surface area (Å²) in [4.78, 5) is 19.8. The average molecular weight is 262 g/mol. The van der Waals surface area contributed by atoms with Crippen LogP contribution >= 0.6 is 11.6 Å². The Morgan fingerprint density at radius 2 is 2.22 bits per heavy atom. The van der Waals surface area contributed by atoms with Crippen molar-refractivity contribution in [1.29, 1.82) is 0 Å². The summed E-state index contributed by atoms with van der Waals surface area (Å²) in [5, 5.41) is 3.00. The first-order chi connectivity index (χ1) is 8.68. The number of pyridine rings is 2. The summed E-state index contributed by atoms with van der Waals surface area (Å²) in [5.74, 6) is -0.239. The van der Waals surface area contributed by atoms with E-state index in [0.29, 0.717) is 12.1 Å². The quantitative estimate of drug-likeness (QED) is 0.863. The van der Waals surface area contributed by atoms with Crippen molar-refractivity contribution in [2.75, 3.05) is 0 Å². The van der Waals surface area contributed by atoms with Crippen LogP contribution in [0.3, 0.4) is 0 Å². The molecule has 18 heavy (non-hydrogen) atoms. The van der Waals surface area contributed by atoms with E-state index in [4.69, 9.17) is 11.6 Å². The van der Waals surface area contributed by atoms with Crippen molar-refractivity contribution in [2.45, 2.75) is 13.5 Å². The van der Waals surface area contributed by atoms with Gasteiger partial charge in [-0.05, 0) is 36.2 Å². The molecular formula is C13H12ClN3O. The van der Waals surface area contributed by atoms with Crippen LogP contribution in [0.25, 0.3) is 0 Å². The summed E-state index contributed by atoms with van der Waals surface area (Å²) >= 11 is 5.85. The number of amides is 1. The Bertz CT molecular complexity index is 572. The number of nitrogens with one attached hydrogen (secondary N) is 1. The number of carbonyl (C=O) groups is 1. The van der Waals surface area contributed by atoms with Gasteiger partial charge in [0, 0.05) is 25.1 Å². The Hall–Kier alpha value is -1.94. The van der Waals surface area contributed by atoms with Crippen LogP contribution in [-0.2, 0) is 6.54 Å². The molecule has 0 fully saturated rings. The first kappa shape index (κ1) is 12.5. The van der Waals surface area contributed by atoms with Crippen LogP contribution in [0.2, 0.25) is 5.15 Å². The van der Waals surface area contributed by atoms with Gasteiger partial charge in [0.05, 0.1) is 5.56 Å². The summed E-state index contributed by atoms with van der Waals surface area (Å²) < 4.78 is 0. The Kier molecular flexibility index (Phi) is 3.89. The molecular weight excluding hydrogens is 250 g/mol. The lowest BCUT2D eigenvalue weighted by Gasteiger charge is -2.07. The lowest BCUT2D eigenvalue weighted by Crippen LogP contribution is -2.23. The zero-order valence-corrected chi connectivity index (χ0v) is 10.6. The van der Waals surface area contributed by atoms with Gasteiger partial charge in [0.25, 0.3) is 5.91 Å². The SMILES string of the molecule is Cc1ccncc1CNC(=O)c1cccnc1Cl. The van der Waals surface area contributed by atoms with E-state index in [0.717, 1.165) is 11.1 Å². The highest BCUT2D eigenvalue weighted by atomic mass is 35.5. The molecule has 0 saturated carbocycles. The lowest BCUT2D eigenvalue weighted by molar-refractivity contribution is 0.0950. The first-order valence-electron chi connectivity index (χ1n) is 5.46. The van der Waals surface area contributed by atoms with Crippen molar-refractivity contribution in [3.05, 3.63) is 58.6 Å². The fraction of sp³-hybridized carbons (Fsp3) is 0.154. The maximum Gasteiger partial charge on any atom is 0.254 e. The van der Waals surface area contributed by atoms with E-state index in [2.05, 4.69) is 15.3 Å². The second kappa shape index (κ2) is 5.60. The van der Waals surface area contributed by atoms with E-state index < -0.39 is 0 Å². The van der Waals surface area contributed by atoms with Crippen LogP contribution in [0.1, 0.15) is 21.5 Å². The maximum absolute atomic E-state index is 11.9. The molecule has 4 nitrogen and oxygen atoms in total. The van der Waals surface area contributed by atoms with Crippen LogP contribution in [0.5, 0.6) is 0 Å². The molecule has 0 radical (unpaired) electrons. The minimum atomic E-state index is -0.239. The summed E-state index contributed by atoms with van der Waals surface area (Å²) in [6, 6.07) is 5.22. The second-order valence-corrected chi connectivity index (χ2v) is 4.18. The number of hydrogen-bond acceptors (Lipinski definition) is 3. The number of nitrogens with zero attached hydrogens (tertiary/aromatic N) is 2. The summed E-state index contributed by atoms with van der Waals surface area (Å²) in [5.41, 5.74) is 2.44. The van der Waals surface area contributed by atoms with E-state index in [1.807, 2.05) is 13.0 Å². The molecule has 0 aliphatic rings. The number of carbonyl (C=O) groups excluding carboxylic acids is 1. The lowest BCUT2D eigenvalue weighted by atomic mass is 10.1. The van der Waals surface area contributed by atoms with Crippen LogP contribution in [0.15, 0.2) is 36.8 Å². The minimum Gasteiger partial charge on any atom is -0.348 e. The molecule has 1 amide bonds. The van der Waals surface area contributed by atoms with Crippen LogP contribution in [0, 0.1) is 6.92 Å². The van der Waals surface area contributed by atoms with E-state index in [-0.39, 0.29) is 11.1 Å². The summed E-state index contributed by atoms with van der Waals surface area (Å²) in [6.07, 6.45) is 5.00. The Morgan fingerprint density at radius 1 is 1.39 bits per heavy atom. The smallest absolute Gasteiger partial charge is 0.254 e. The van der Waals surface area contributed by atoms with Crippen molar-refractivity contribution in [3.63, 3.8) is 0 Å². The minimum absolute atomic E-state index is 0.206.